The molecule has 1 fully saturated rings. The lowest BCUT2D eigenvalue weighted by Crippen LogP contribution is -2.44. The summed E-state index contributed by atoms with van der Waals surface area (Å²) >= 11 is 0. The minimum absolute atomic E-state index is 0.102. The Kier molecular flexibility index (Phi) is 5.55. The molecular weight excluding hydrogens is 284 g/mol. The third-order valence-corrected chi connectivity index (χ3v) is 3.37. The summed E-state index contributed by atoms with van der Waals surface area (Å²) in [6.45, 7) is 7.17. The van der Waals surface area contributed by atoms with Gasteiger partial charge >= 0.3 is 5.97 Å². The molecule has 7 nitrogen and oxygen atoms in total. The Balaban J connectivity index is 2.48. The van der Waals surface area contributed by atoms with Crippen molar-refractivity contribution in [2.24, 2.45) is 0 Å². The summed E-state index contributed by atoms with van der Waals surface area (Å²) in [4.78, 5) is 29.9. The van der Waals surface area contributed by atoms with Gasteiger partial charge in [0.2, 0.25) is 5.95 Å². The van der Waals surface area contributed by atoms with Crippen LogP contribution in [0.1, 0.15) is 34.8 Å². The standard InChI is InChI=1S/C15H20N4O3/c1-3-5-8-19-13(14(21)22-4-2)12(11-20)17-15(19)18-9-6-16-7-10-18/h11,16H,4,6-10H2,1-2H3. The first-order valence-electron chi connectivity index (χ1n) is 7.31. The minimum Gasteiger partial charge on any atom is -0.461 e. The predicted octanol–water partition coefficient (Wildman–Crippen LogP) is 0.305. The Morgan fingerprint density at radius 3 is 2.77 bits per heavy atom. The first-order chi connectivity index (χ1) is 10.7. The second kappa shape index (κ2) is 7.61. The van der Waals surface area contributed by atoms with E-state index in [0.717, 1.165) is 26.2 Å². The molecule has 22 heavy (non-hydrogen) atoms. The first-order valence-corrected chi connectivity index (χ1v) is 7.31. The lowest BCUT2D eigenvalue weighted by Gasteiger charge is -2.28. The molecule has 0 unspecified atom stereocenters. The van der Waals surface area contributed by atoms with Crippen LogP contribution < -0.4 is 10.2 Å². The monoisotopic (exact) mass is 304 g/mol. The van der Waals surface area contributed by atoms with Gasteiger partial charge in [0.15, 0.2) is 12.0 Å². The Morgan fingerprint density at radius 2 is 2.18 bits per heavy atom. The van der Waals surface area contributed by atoms with Gasteiger partial charge in [0, 0.05) is 26.2 Å². The fraction of sp³-hybridized carbons (Fsp3) is 0.533. The molecule has 0 aliphatic carbocycles. The van der Waals surface area contributed by atoms with E-state index in [9.17, 15) is 9.59 Å². The minimum atomic E-state index is -0.545. The molecule has 0 aromatic carbocycles. The summed E-state index contributed by atoms with van der Waals surface area (Å²) in [5.74, 6) is 5.77. The van der Waals surface area contributed by atoms with Gasteiger partial charge in [-0.2, -0.15) is 0 Å². The molecule has 1 aliphatic rings. The smallest absolute Gasteiger partial charge is 0.357 e. The van der Waals surface area contributed by atoms with Crippen molar-refractivity contribution in [3.05, 3.63) is 11.4 Å². The van der Waals surface area contributed by atoms with Crippen molar-refractivity contribution in [1.82, 2.24) is 14.9 Å². The number of aldehydes is 1. The third-order valence-electron chi connectivity index (χ3n) is 3.37. The summed E-state index contributed by atoms with van der Waals surface area (Å²) < 4.78 is 6.72. The molecule has 1 N–H and O–H groups in total. The molecule has 1 aliphatic heterocycles. The van der Waals surface area contributed by atoms with Crippen molar-refractivity contribution in [2.75, 3.05) is 37.7 Å². The molecule has 7 heteroatoms. The fourth-order valence-corrected chi connectivity index (χ4v) is 2.37. The van der Waals surface area contributed by atoms with E-state index in [2.05, 4.69) is 22.1 Å². The zero-order valence-electron chi connectivity index (χ0n) is 12.9. The van der Waals surface area contributed by atoms with Crippen molar-refractivity contribution in [3.63, 3.8) is 0 Å². The molecule has 1 aromatic heterocycles. The molecular formula is C15H20N4O3. The second-order valence-corrected chi connectivity index (χ2v) is 4.73. The molecule has 0 atom stereocenters. The topological polar surface area (TPSA) is 76.5 Å². The van der Waals surface area contributed by atoms with Crippen LogP contribution in [0.2, 0.25) is 0 Å². The molecule has 0 saturated carbocycles. The molecule has 0 bridgehead atoms. The Bertz CT molecular complexity index is 606. The van der Waals surface area contributed by atoms with Crippen molar-refractivity contribution < 1.29 is 14.3 Å². The number of aromatic nitrogens is 2. The van der Waals surface area contributed by atoms with Crippen LogP contribution in [0.15, 0.2) is 0 Å². The lowest BCUT2D eigenvalue weighted by molar-refractivity contribution is 0.0512. The summed E-state index contributed by atoms with van der Waals surface area (Å²) in [6.07, 6.45) is 0.591. The SMILES string of the molecule is CC#CCn1c(N2CCNCC2)nc(C=O)c1C(=O)OCC. The van der Waals surface area contributed by atoms with Crippen LogP contribution in [-0.2, 0) is 11.3 Å². The third kappa shape index (κ3) is 3.28. The zero-order chi connectivity index (χ0) is 15.9. The van der Waals surface area contributed by atoms with Gasteiger partial charge in [0.05, 0.1) is 13.2 Å². The van der Waals surface area contributed by atoms with E-state index in [1.54, 1.807) is 18.4 Å². The van der Waals surface area contributed by atoms with Gasteiger partial charge in [-0.15, -0.1) is 5.92 Å². The normalized spacial score (nSPS) is 14.2. The maximum absolute atomic E-state index is 12.2. The van der Waals surface area contributed by atoms with E-state index >= 15 is 0 Å². The average molecular weight is 304 g/mol. The number of ether oxygens (including phenoxy) is 1. The van der Waals surface area contributed by atoms with Gasteiger partial charge in [-0.05, 0) is 13.8 Å². The quantitative estimate of drug-likeness (QED) is 0.479. The highest BCUT2D eigenvalue weighted by Crippen LogP contribution is 2.20. The van der Waals surface area contributed by atoms with Gasteiger partial charge in [-0.25, -0.2) is 9.78 Å². The van der Waals surface area contributed by atoms with Crippen LogP contribution in [0, 0.1) is 11.8 Å². The van der Waals surface area contributed by atoms with Gasteiger partial charge in [0.25, 0.3) is 0 Å². The summed E-state index contributed by atoms with van der Waals surface area (Å²) in [7, 11) is 0. The molecule has 0 radical (unpaired) electrons. The summed E-state index contributed by atoms with van der Waals surface area (Å²) in [5.41, 5.74) is 0.276. The van der Waals surface area contributed by atoms with E-state index in [1.807, 2.05) is 4.90 Å². The second-order valence-electron chi connectivity index (χ2n) is 4.73. The Morgan fingerprint density at radius 1 is 1.45 bits per heavy atom. The maximum atomic E-state index is 12.2. The number of rotatable bonds is 5. The summed E-state index contributed by atoms with van der Waals surface area (Å²) in [6, 6.07) is 0. The van der Waals surface area contributed by atoms with Gasteiger partial charge < -0.3 is 15.0 Å². The number of imidazole rings is 1. The molecule has 0 spiro atoms. The van der Waals surface area contributed by atoms with Gasteiger partial charge in [-0.1, -0.05) is 5.92 Å². The van der Waals surface area contributed by atoms with Gasteiger partial charge in [-0.3, -0.25) is 9.36 Å². The number of nitrogens with zero attached hydrogens (tertiary/aromatic N) is 3. The van der Waals surface area contributed by atoms with Crippen molar-refractivity contribution in [2.45, 2.75) is 20.4 Å². The number of hydrogen-bond acceptors (Lipinski definition) is 6. The Hall–Kier alpha value is -2.33. The Labute approximate surface area is 129 Å². The van der Waals surface area contributed by atoms with Crippen LogP contribution in [0.4, 0.5) is 5.95 Å². The number of nitrogens with one attached hydrogen (secondary N) is 1. The lowest BCUT2D eigenvalue weighted by atomic mass is 10.3. The van der Waals surface area contributed by atoms with E-state index in [-0.39, 0.29) is 18.0 Å². The van der Waals surface area contributed by atoms with Crippen LogP contribution in [0.25, 0.3) is 0 Å². The fourth-order valence-electron chi connectivity index (χ4n) is 2.37. The number of carbonyl (C=O) groups is 2. The number of anilines is 1. The van der Waals surface area contributed by atoms with Crippen molar-refractivity contribution >= 4 is 18.2 Å². The maximum Gasteiger partial charge on any atom is 0.357 e. The number of carbonyl (C=O) groups excluding carboxylic acids is 2. The van der Waals surface area contributed by atoms with Crippen LogP contribution in [-0.4, -0.2) is 54.6 Å². The van der Waals surface area contributed by atoms with E-state index in [0.29, 0.717) is 18.8 Å². The zero-order valence-corrected chi connectivity index (χ0v) is 12.9. The molecule has 118 valence electrons. The van der Waals surface area contributed by atoms with E-state index < -0.39 is 5.97 Å². The summed E-state index contributed by atoms with van der Waals surface area (Å²) in [5, 5.41) is 3.26. The molecule has 1 aromatic rings. The van der Waals surface area contributed by atoms with E-state index in [4.69, 9.17) is 4.74 Å². The van der Waals surface area contributed by atoms with E-state index in [1.165, 1.54) is 0 Å². The molecule has 2 heterocycles. The number of hydrogen-bond donors (Lipinski definition) is 1. The van der Waals surface area contributed by atoms with Crippen LogP contribution in [0.3, 0.4) is 0 Å². The highest BCUT2D eigenvalue weighted by Gasteiger charge is 2.26. The predicted molar refractivity (Wildman–Crippen MR) is 82.1 cm³/mol. The average Bonchev–Trinajstić information content (AvgIpc) is 2.92. The van der Waals surface area contributed by atoms with Crippen molar-refractivity contribution in [1.29, 1.82) is 0 Å². The number of esters is 1. The highest BCUT2D eigenvalue weighted by atomic mass is 16.5. The molecule has 1 saturated heterocycles. The largest absolute Gasteiger partial charge is 0.461 e. The van der Waals surface area contributed by atoms with Crippen LogP contribution >= 0.6 is 0 Å². The molecule has 0 amide bonds. The molecule has 2 rings (SSSR count). The first kappa shape index (κ1) is 16.0. The number of piperazine rings is 1. The van der Waals surface area contributed by atoms with Crippen molar-refractivity contribution in [3.8, 4) is 11.8 Å². The van der Waals surface area contributed by atoms with Gasteiger partial charge in [0.1, 0.15) is 5.69 Å². The highest BCUT2D eigenvalue weighted by molar-refractivity contribution is 5.96. The van der Waals surface area contributed by atoms with Crippen LogP contribution in [0.5, 0.6) is 0 Å².